The number of nitrogens with zero attached hydrogens (tertiary/aromatic N) is 1. The van der Waals surface area contributed by atoms with E-state index in [1.165, 1.54) is 4.88 Å². The first-order valence-electron chi connectivity index (χ1n) is 7.90. The number of carbonyl (C=O) groups is 1. The Hall–Kier alpha value is -2.01. The SMILES string of the molecule is COc1ccc(C)cc1NCC(=O)N1CCC[C@@H]1c1cccs1. The maximum absolute atomic E-state index is 12.6. The molecule has 1 aliphatic rings. The van der Waals surface area contributed by atoms with Gasteiger partial charge in [0.05, 0.1) is 25.4 Å². The summed E-state index contributed by atoms with van der Waals surface area (Å²) < 4.78 is 5.35. The zero-order chi connectivity index (χ0) is 16.2. The van der Waals surface area contributed by atoms with Crippen molar-refractivity contribution in [3.8, 4) is 5.75 Å². The molecule has 0 bridgehead atoms. The van der Waals surface area contributed by atoms with Crippen LogP contribution in [0.4, 0.5) is 5.69 Å². The van der Waals surface area contributed by atoms with Gasteiger partial charge in [-0.2, -0.15) is 0 Å². The van der Waals surface area contributed by atoms with Crippen molar-refractivity contribution in [1.82, 2.24) is 4.90 Å². The Morgan fingerprint density at radius 1 is 1.43 bits per heavy atom. The maximum Gasteiger partial charge on any atom is 0.242 e. The second-order valence-electron chi connectivity index (χ2n) is 5.82. The number of benzene rings is 1. The first kappa shape index (κ1) is 15.9. The molecule has 3 rings (SSSR count). The predicted octanol–water partition coefficient (Wildman–Crippen LogP) is 3.84. The fourth-order valence-corrected chi connectivity index (χ4v) is 3.95. The Bertz CT molecular complexity index is 670. The fourth-order valence-electron chi connectivity index (χ4n) is 3.07. The van der Waals surface area contributed by atoms with Gasteiger partial charge in [-0.25, -0.2) is 0 Å². The van der Waals surface area contributed by atoms with E-state index in [9.17, 15) is 4.79 Å². The van der Waals surface area contributed by atoms with E-state index in [1.807, 2.05) is 30.0 Å². The molecule has 1 atom stereocenters. The van der Waals surface area contributed by atoms with Crippen LogP contribution in [0.1, 0.15) is 29.3 Å². The Kier molecular flexibility index (Phi) is 4.86. The molecule has 0 unspecified atom stereocenters. The lowest BCUT2D eigenvalue weighted by Gasteiger charge is -2.24. The average molecular weight is 330 g/mol. The lowest BCUT2D eigenvalue weighted by atomic mass is 10.2. The second-order valence-corrected chi connectivity index (χ2v) is 6.80. The van der Waals surface area contributed by atoms with E-state index in [1.54, 1.807) is 18.4 Å². The van der Waals surface area contributed by atoms with Gasteiger partial charge in [0.2, 0.25) is 5.91 Å². The number of hydrogen-bond acceptors (Lipinski definition) is 4. The van der Waals surface area contributed by atoms with E-state index in [4.69, 9.17) is 4.74 Å². The van der Waals surface area contributed by atoms with Crippen LogP contribution in [0.3, 0.4) is 0 Å². The van der Waals surface area contributed by atoms with Crippen molar-refractivity contribution in [3.63, 3.8) is 0 Å². The number of hydrogen-bond donors (Lipinski definition) is 1. The minimum Gasteiger partial charge on any atom is -0.495 e. The quantitative estimate of drug-likeness (QED) is 0.905. The third kappa shape index (κ3) is 3.50. The van der Waals surface area contributed by atoms with Crippen LogP contribution in [0.15, 0.2) is 35.7 Å². The van der Waals surface area contributed by atoms with Crippen molar-refractivity contribution in [3.05, 3.63) is 46.2 Å². The third-order valence-electron chi connectivity index (χ3n) is 4.23. The van der Waals surface area contributed by atoms with Crippen molar-refractivity contribution in [2.45, 2.75) is 25.8 Å². The summed E-state index contributed by atoms with van der Waals surface area (Å²) in [5, 5.41) is 5.31. The first-order valence-corrected chi connectivity index (χ1v) is 8.78. The molecule has 1 aromatic heterocycles. The number of rotatable bonds is 5. The van der Waals surface area contributed by atoms with Crippen molar-refractivity contribution >= 4 is 22.9 Å². The van der Waals surface area contributed by atoms with Gasteiger partial charge >= 0.3 is 0 Å². The summed E-state index contributed by atoms with van der Waals surface area (Å²) >= 11 is 1.73. The summed E-state index contributed by atoms with van der Waals surface area (Å²) in [5.41, 5.74) is 2.01. The molecule has 0 aliphatic carbocycles. The number of aryl methyl sites for hydroxylation is 1. The normalized spacial score (nSPS) is 17.3. The monoisotopic (exact) mass is 330 g/mol. The average Bonchev–Trinajstić information content (AvgIpc) is 3.23. The second kappa shape index (κ2) is 7.04. The number of methoxy groups -OCH3 is 1. The van der Waals surface area contributed by atoms with Gasteiger partial charge in [0.25, 0.3) is 0 Å². The molecule has 4 nitrogen and oxygen atoms in total. The molecule has 2 heterocycles. The Balaban J connectivity index is 1.66. The van der Waals surface area contributed by atoms with Gasteiger partial charge < -0.3 is 15.0 Å². The molecule has 1 aromatic carbocycles. The van der Waals surface area contributed by atoms with Crippen molar-refractivity contribution < 1.29 is 9.53 Å². The number of anilines is 1. The Morgan fingerprint density at radius 3 is 3.04 bits per heavy atom. The fraction of sp³-hybridized carbons (Fsp3) is 0.389. The van der Waals surface area contributed by atoms with E-state index >= 15 is 0 Å². The number of thiophene rings is 1. The highest BCUT2D eigenvalue weighted by atomic mass is 32.1. The minimum atomic E-state index is 0.143. The van der Waals surface area contributed by atoms with E-state index in [2.05, 4.69) is 22.8 Å². The van der Waals surface area contributed by atoms with E-state index in [-0.39, 0.29) is 11.9 Å². The van der Waals surface area contributed by atoms with Crippen LogP contribution in [0.2, 0.25) is 0 Å². The van der Waals surface area contributed by atoms with Crippen LogP contribution in [-0.2, 0) is 4.79 Å². The minimum absolute atomic E-state index is 0.143. The molecule has 2 aromatic rings. The Morgan fingerprint density at radius 2 is 2.30 bits per heavy atom. The summed E-state index contributed by atoms with van der Waals surface area (Å²) in [6.07, 6.45) is 2.13. The van der Waals surface area contributed by atoms with Crippen molar-refractivity contribution in [2.24, 2.45) is 0 Å². The van der Waals surface area contributed by atoms with Crippen LogP contribution in [0.5, 0.6) is 5.75 Å². The lowest BCUT2D eigenvalue weighted by Crippen LogP contribution is -2.34. The molecular formula is C18H22N2O2S. The Labute approximate surface area is 141 Å². The van der Waals surface area contributed by atoms with Gasteiger partial charge in [-0.3, -0.25) is 4.79 Å². The van der Waals surface area contributed by atoms with Crippen LogP contribution in [-0.4, -0.2) is 31.0 Å². The number of ether oxygens (including phenoxy) is 1. The summed E-state index contributed by atoms with van der Waals surface area (Å²) in [6.45, 7) is 3.16. The molecular weight excluding hydrogens is 308 g/mol. The zero-order valence-corrected chi connectivity index (χ0v) is 14.4. The van der Waals surface area contributed by atoms with E-state index < -0.39 is 0 Å². The van der Waals surface area contributed by atoms with Gasteiger partial charge in [-0.15, -0.1) is 11.3 Å². The van der Waals surface area contributed by atoms with Gasteiger partial charge in [0.15, 0.2) is 0 Å². The predicted molar refractivity (Wildman–Crippen MR) is 94.2 cm³/mol. The highest BCUT2D eigenvalue weighted by Gasteiger charge is 2.30. The van der Waals surface area contributed by atoms with Gasteiger partial charge in [0.1, 0.15) is 5.75 Å². The molecule has 1 aliphatic heterocycles. The standard InChI is InChI=1S/C18H22N2O2S/c1-13-7-8-16(22-2)14(11-13)19-12-18(21)20-9-3-5-15(20)17-6-4-10-23-17/h4,6-8,10-11,15,19H,3,5,9,12H2,1-2H3/t15-/m1/s1. The molecule has 1 amide bonds. The lowest BCUT2D eigenvalue weighted by molar-refractivity contribution is -0.130. The maximum atomic E-state index is 12.6. The highest BCUT2D eigenvalue weighted by molar-refractivity contribution is 7.10. The zero-order valence-electron chi connectivity index (χ0n) is 13.5. The largest absolute Gasteiger partial charge is 0.495 e. The van der Waals surface area contributed by atoms with Crippen LogP contribution in [0.25, 0.3) is 0 Å². The summed E-state index contributed by atoms with van der Waals surface area (Å²) in [4.78, 5) is 15.9. The smallest absolute Gasteiger partial charge is 0.242 e. The summed E-state index contributed by atoms with van der Waals surface area (Å²) in [6, 6.07) is 10.3. The van der Waals surface area contributed by atoms with E-state index in [0.717, 1.165) is 36.4 Å². The first-order chi connectivity index (χ1) is 11.2. The molecule has 0 spiro atoms. The van der Waals surface area contributed by atoms with Gasteiger partial charge in [-0.1, -0.05) is 12.1 Å². The summed E-state index contributed by atoms with van der Waals surface area (Å²) in [7, 11) is 1.64. The topological polar surface area (TPSA) is 41.6 Å². The molecule has 1 N–H and O–H groups in total. The molecule has 1 saturated heterocycles. The molecule has 23 heavy (non-hydrogen) atoms. The molecule has 1 fully saturated rings. The van der Waals surface area contributed by atoms with Crippen molar-refractivity contribution in [2.75, 3.05) is 25.5 Å². The van der Waals surface area contributed by atoms with Gasteiger partial charge in [-0.05, 0) is 48.9 Å². The number of likely N-dealkylation sites (tertiary alicyclic amines) is 1. The number of nitrogens with one attached hydrogen (secondary N) is 1. The number of carbonyl (C=O) groups excluding carboxylic acids is 1. The third-order valence-corrected chi connectivity index (χ3v) is 5.20. The van der Waals surface area contributed by atoms with Crippen molar-refractivity contribution in [1.29, 1.82) is 0 Å². The molecule has 0 saturated carbocycles. The van der Waals surface area contributed by atoms with Gasteiger partial charge in [0, 0.05) is 11.4 Å². The summed E-state index contributed by atoms with van der Waals surface area (Å²) in [5.74, 6) is 0.907. The molecule has 5 heteroatoms. The molecule has 122 valence electrons. The van der Waals surface area contributed by atoms with Crippen LogP contribution >= 0.6 is 11.3 Å². The number of amides is 1. The van der Waals surface area contributed by atoms with E-state index in [0.29, 0.717) is 6.54 Å². The van der Waals surface area contributed by atoms with Crippen LogP contribution < -0.4 is 10.1 Å². The highest BCUT2D eigenvalue weighted by Crippen LogP contribution is 2.34. The molecule has 0 radical (unpaired) electrons. The van der Waals surface area contributed by atoms with Crippen LogP contribution in [0, 0.1) is 6.92 Å².